The Morgan fingerprint density at radius 1 is 1.07 bits per heavy atom. The molecule has 0 saturated carbocycles. The lowest BCUT2D eigenvalue weighted by Crippen LogP contribution is -2.39. The topological polar surface area (TPSA) is 64.5 Å². The highest BCUT2D eigenvalue weighted by molar-refractivity contribution is 5.27. The number of aromatic nitrogens is 2. The van der Waals surface area contributed by atoms with Gasteiger partial charge in [0.05, 0.1) is 0 Å². The Balaban J connectivity index is 1.57. The van der Waals surface area contributed by atoms with Gasteiger partial charge in [-0.25, -0.2) is 9.97 Å². The second kappa shape index (κ2) is 9.78. The zero-order valence-electron chi connectivity index (χ0n) is 16.4. The maximum Gasteiger partial charge on any atom is 0.222 e. The van der Waals surface area contributed by atoms with E-state index in [1.54, 1.807) is 0 Å². The molecule has 1 aliphatic rings. The number of aliphatic hydroxyl groups is 1. The molecule has 2 N–H and O–H groups in total. The normalized spacial score (nSPS) is 21.2. The molecule has 1 saturated heterocycles. The number of likely N-dealkylation sites (N-methyl/N-ethyl adjacent to an activating group) is 1. The summed E-state index contributed by atoms with van der Waals surface area (Å²) in [5, 5.41) is 12.9. The molecule has 6 nitrogen and oxygen atoms in total. The Bertz CT molecular complexity index is 677. The Morgan fingerprint density at radius 2 is 1.81 bits per heavy atom. The Hall–Kier alpha value is -2.02. The van der Waals surface area contributed by atoms with Gasteiger partial charge in [-0.15, -0.1) is 0 Å². The summed E-state index contributed by atoms with van der Waals surface area (Å²) in [4.78, 5) is 13.7. The highest BCUT2D eigenvalue weighted by atomic mass is 16.3. The molecule has 27 heavy (non-hydrogen) atoms. The average Bonchev–Trinajstić information content (AvgIpc) is 2.90. The van der Waals surface area contributed by atoms with Gasteiger partial charge in [0.2, 0.25) is 5.95 Å². The molecule has 1 aromatic heterocycles. The molecule has 6 heteroatoms. The zero-order valence-corrected chi connectivity index (χ0v) is 16.4. The third kappa shape index (κ3) is 5.99. The fourth-order valence-electron chi connectivity index (χ4n) is 3.61. The van der Waals surface area contributed by atoms with E-state index in [0.29, 0.717) is 17.9 Å². The molecule has 1 aliphatic heterocycles. The van der Waals surface area contributed by atoms with Gasteiger partial charge in [-0.05, 0) is 38.4 Å². The summed E-state index contributed by atoms with van der Waals surface area (Å²) in [5.74, 6) is 1.00. The van der Waals surface area contributed by atoms with E-state index in [4.69, 9.17) is 0 Å². The third-order valence-corrected chi connectivity index (χ3v) is 5.29. The molecular formula is C21H31N5O. The van der Waals surface area contributed by atoms with Crippen LogP contribution in [0.3, 0.4) is 0 Å². The van der Waals surface area contributed by atoms with Crippen molar-refractivity contribution in [1.82, 2.24) is 19.8 Å². The SMILES string of the molecule is CN(C)[C@@H]1CC[C@H](CO)CN(Cc2cnc(NCc3ccccc3)nc2)C1. The van der Waals surface area contributed by atoms with Crippen LogP contribution in [0, 0.1) is 5.92 Å². The molecule has 2 heterocycles. The standard InChI is InChI=1S/C21H31N5O/c1-25(2)20-9-8-18(16-27)13-26(15-20)14-19-11-23-21(24-12-19)22-10-17-6-4-3-5-7-17/h3-7,11-12,18,20,27H,8-10,13-16H2,1-2H3,(H,22,23,24)/t18-,20+/m0/s1. The van der Waals surface area contributed by atoms with Crippen LogP contribution in [0.25, 0.3) is 0 Å². The fraction of sp³-hybridized carbons (Fsp3) is 0.524. The smallest absolute Gasteiger partial charge is 0.222 e. The van der Waals surface area contributed by atoms with Gasteiger partial charge in [-0.2, -0.15) is 0 Å². The van der Waals surface area contributed by atoms with E-state index in [1.165, 1.54) is 5.56 Å². The fourth-order valence-corrected chi connectivity index (χ4v) is 3.61. The molecule has 0 spiro atoms. The molecule has 2 atom stereocenters. The van der Waals surface area contributed by atoms with Crippen LogP contribution in [-0.4, -0.2) is 64.7 Å². The molecule has 0 bridgehead atoms. The maximum absolute atomic E-state index is 9.64. The summed E-state index contributed by atoms with van der Waals surface area (Å²) >= 11 is 0. The van der Waals surface area contributed by atoms with E-state index in [9.17, 15) is 5.11 Å². The van der Waals surface area contributed by atoms with Crippen molar-refractivity contribution < 1.29 is 5.11 Å². The van der Waals surface area contributed by atoms with Crippen LogP contribution >= 0.6 is 0 Å². The summed E-state index contributed by atoms with van der Waals surface area (Å²) in [6.45, 7) is 3.73. The maximum atomic E-state index is 9.64. The van der Waals surface area contributed by atoms with E-state index < -0.39 is 0 Å². The number of likely N-dealkylation sites (tertiary alicyclic amines) is 1. The largest absolute Gasteiger partial charge is 0.396 e. The van der Waals surface area contributed by atoms with Crippen LogP contribution in [0.15, 0.2) is 42.7 Å². The predicted molar refractivity (Wildman–Crippen MR) is 108 cm³/mol. The van der Waals surface area contributed by atoms with Gasteiger partial charge >= 0.3 is 0 Å². The summed E-state index contributed by atoms with van der Waals surface area (Å²) in [6.07, 6.45) is 6.02. The first-order valence-electron chi connectivity index (χ1n) is 9.72. The van der Waals surface area contributed by atoms with Crippen molar-refractivity contribution in [3.05, 3.63) is 53.9 Å². The lowest BCUT2D eigenvalue weighted by molar-refractivity contribution is 0.157. The summed E-state index contributed by atoms with van der Waals surface area (Å²) < 4.78 is 0. The quantitative estimate of drug-likeness (QED) is 0.780. The third-order valence-electron chi connectivity index (χ3n) is 5.29. The van der Waals surface area contributed by atoms with E-state index in [2.05, 4.69) is 51.3 Å². The van der Waals surface area contributed by atoms with E-state index >= 15 is 0 Å². The predicted octanol–water partition coefficient (Wildman–Crippen LogP) is 2.22. The second-order valence-corrected chi connectivity index (χ2v) is 7.69. The molecule has 2 aromatic rings. The van der Waals surface area contributed by atoms with Gasteiger partial charge in [-0.3, -0.25) is 4.90 Å². The number of nitrogens with one attached hydrogen (secondary N) is 1. The van der Waals surface area contributed by atoms with E-state index in [1.807, 2.05) is 30.6 Å². The van der Waals surface area contributed by atoms with E-state index in [-0.39, 0.29) is 6.61 Å². The summed E-state index contributed by atoms with van der Waals surface area (Å²) in [5.41, 5.74) is 2.32. The van der Waals surface area contributed by atoms with Crippen molar-refractivity contribution >= 4 is 5.95 Å². The molecule has 0 unspecified atom stereocenters. The van der Waals surface area contributed by atoms with Gasteiger partial charge < -0.3 is 15.3 Å². The average molecular weight is 370 g/mol. The molecule has 3 rings (SSSR count). The highest BCUT2D eigenvalue weighted by Crippen LogP contribution is 2.20. The van der Waals surface area contributed by atoms with Crippen molar-refractivity contribution in [2.45, 2.75) is 32.0 Å². The minimum atomic E-state index is 0.259. The van der Waals surface area contributed by atoms with Crippen LogP contribution in [0.2, 0.25) is 0 Å². The van der Waals surface area contributed by atoms with Gasteiger partial charge in [0.25, 0.3) is 0 Å². The van der Waals surface area contributed by atoms with Crippen molar-refractivity contribution in [3.8, 4) is 0 Å². The number of aliphatic hydroxyl groups excluding tert-OH is 1. The lowest BCUT2D eigenvalue weighted by Gasteiger charge is -2.28. The van der Waals surface area contributed by atoms with Gasteiger partial charge in [0, 0.05) is 56.8 Å². The van der Waals surface area contributed by atoms with E-state index in [0.717, 1.165) is 44.6 Å². The summed E-state index contributed by atoms with van der Waals surface area (Å²) in [6, 6.07) is 10.8. The monoisotopic (exact) mass is 369 g/mol. The number of benzene rings is 1. The minimum absolute atomic E-state index is 0.259. The molecule has 1 fully saturated rings. The van der Waals surface area contributed by atoms with Crippen LogP contribution in [-0.2, 0) is 13.1 Å². The van der Waals surface area contributed by atoms with Crippen LogP contribution in [0.1, 0.15) is 24.0 Å². The number of hydrogen-bond donors (Lipinski definition) is 2. The Morgan fingerprint density at radius 3 is 2.48 bits per heavy atom. The first-order valence-corrected chi connectivity index (χ1v) is 9.72. The number of hydrogen-bond acceptors (Lipinski definition) is 6. The molecule has 1 aromatic carbocycles. The van der Waals surface area contributed by atoms with Gasteiger partial charge in [0.1, 0.15) is 0 Å². The van der Waals surface area contributed by atoms with Crippen LogP contribution in [0.4, 0.5) is 5.95 Å². The molecule has 0 radical (unpaired) electrons. The lowest BCUT2D eigenvalue weighted by atomic mass is 10.0. The minimum Gasteiger partial charge on any atom is -0.396 e. The van der Waals surface area contributed by atoms with Crippen molar-refractivity contribution in [2.24, 2.45) is 5.92 Å². The zero-order chi connectivity index (χ0) is 19.1. The molecule has 146 valence electrons. The number of rotatable bonds is 7. The number of nitrogens with zero attached hydrogens (tertiary/aromatic N) is 4. The van der Waals surface area contributed by atoms with Crippen LogP contribution < -0.4 is 5.32 Å². The molecule has 0 amide bonds. The van der Waals surface area contributed by atoms with Gasteiger partial charge in [-0.1, -0.05) is 30.3 Å². The van der Waals surface area contributed by atoms with Crippen LogP contribution in [0.5, 0.6) is 0 Å². The van der Waals surface area contributed by atoms with Gasteiger partial charge in [0.15, 0.2) is 0 Å². The summed E-state index contributed by atoms with van der Waals surface area (Å²) in [7, 11) is 4.27. The Kier molecular flexibility index (Phi) is 7.15. The molecular weight excluding hydrogens is 338 g/mol. The second-order valence-electron chi connectivity index (χ2n) is 7.69. The van der Waals surface area contributed by atoms with Crippen molar-refractivity contribution in [1.29, 1.82) is 0 Å². The highest BCUT2D eigenvalue weighted by Gasteiger charge is 2.25. The first-order chi connectivity index (χ1) is 13.1. The van der Waals surface area contributed by atoms with Crippen molar-refractivity contribution in [3.63, 3.8) is 0 Å². The van der Waals surface area contributed by atoms with Crippen molar-refractivity contribution in [2.75, 3.05) is 39.1 Å². The number of anilines is 1. The molecule has 0 aliphatic carbocycles. The first kappa shape index (κ1) is 19.7. The Labute approximate surface area is 162 Å².